The van der Waals surface area contributed by atoms with Crippen LogP contribution >= 0.6 is 0 Å². The summed E-state index contributed by atoms with van der Waals surface area (Å²) in [6.45, 7) is 6.65. The molecule has 0 unspecified atom stereocenters. The minimum absolute atomic E-state index is 0.0777. The second kappa shape index (κ2) is 60.9. The minimum Gasteiger partial charge on any atom is -0.462 e. The van der Waals surface area contributed by atoms with Crippen LogP contribution in [0.4, 0.5) is 0 Å². The van der Waals surface area contributed by atoms with Gasteiger partial charge >= 0.3 is 17.9 Å². The van der Waals surface area contributed by atoms with E-state index < -0.39 is 6.10 Å². The summed E-state index contributed by atoms with van der Waals surface area (Å²) in [5, 5.41) is 0. The molecule has 0 aromatic rings. The van der Waals surface area contributed by atoms with Crippen molar-refractivity contribution < 1.29 is 28.6 Å². The number of rotatable bonds is 58. The predicted octanol–water partition coefficient (Wildman–Crippen LogP) is 21.4. The number of carbonyl (C=O) groups excluding carboxylic acids is 3. The van der Waals surface area contributed by atoms with E-state index in [1.165, 1.54) is 225 Å². The maximum atomic E-state index is 12.9. The summed E-state index contributed by atoms with van der Waals surface area (Å²) >= 11 is 0. The fraction of sp³-hybridized carbons (Fsp3) is 0.833. The topological polar surface area (TPSA) is 78.9 Å². The number of hydrogen-bond acceptors (Lipinski definition) is 6. The molecule has 0 aliphatic rings. The smallest absolute Gasteiger partial charge is 0.306 e. The third-order valence-corrected chi connectivity index (χ3v) is 14.0. The SMILES string of the molecule is CCCCC/C=C\C/C=C\CCCCCCCCCCCC(=O)OC[C@@H](COC(=O)CCCCCCC/C=C\CCCCCCCCC)OC(=O)CCCCCCCCC/C=C\CCCCCCCCCC. The van der Waals surface area contributed by atoms with Crippen molar-refractivity contribution >= 4 is 17.9 Å². The van der Waals surface area contributed by atoms with Crippen molar-refractivity contribution in [3.63, 3.8) is 0 Å². The molecule has 0 fully saturated rings. The average molecular weight is 1010 g/mol. The highest BCUT2D eigenvalue weighted by Gasteiger charge is 2.19. The van der Waals surface area contributed by atoms with E-state index in [0.717, 1.165) is 70.6 Å². The molecule has 6 nitrogen and oxygen atoms in total. The molecule has 0 saturated carbocycles. The highest BCUT2D eigenvalue weighted by atomic mass is 16.6. The number of esters is 3. The average Bonchev–Trinajstić information content (AvgIpc) is 3.38. The standard InChI is InChI=1S/C66H120O6/c1-4-7-10-13-16-19-22-25-28-31-33-35-38-41-44-47-50-53-56-59-65(68)71-62-63(61-70-64(67)58-55-52-49-46-43-40-37-30-27-24-21-18-15-12-9-6-3)72-66(69)60-57-54-51-48-45-42-39-36-34-32-29-26-23-20-17-14-11-8-5-2/h16,19,25,28,30,32,34,37,63H,4-15,17-18,20-24,26-27,29,31,33,35-36,38-62H2,1-3H3/b19-16-,28-25-,34-32-,37-30-/t63-/m1/s1. The lowest BCUT2D eigenvalue weighted by Crippen LogP contribution is -2.30. The zero-order valence-electron chi connectivity index (χ0n) is 48.2. The fourth-order valence-electron chi connectivity index (χ4n) is 9.23. The number of hydrogen-bond donors (Lipinski definition) is 0. The van der Waals surface area contributed by atoms with Crippen LogP contribution in [0.25, 0.3) is 0 Å². The summed E-state index contributed by atoms with van der Waals surface area (Å²) in [5.41, 5.74) is 0. The Morgan fingerprint density at radius 3 is 0.806 bits per heavy atom. The van der Waals surface area contributed by atoms with Gasteiger partial charge in [0.15, 0.2) is 6.10 Å². The molecule has 0 aliphatic heterocycles. The Hall–Kier alpha value is -2.63. The van der Waals surface area contributed by atoms with Gasteiger partial charge in [0.25, 0.3) is 0 Å². The number of unbranched alkanes of at least 4 members (excludes halogenated alkanes) is 39. The van der Waals surface area contributed by atoms with Crippen molar-refractivity contribution in [2.24, 2.45) is 0 Å². The predicted molar refractivity (Wildman–Crippen MR) is 312 cm³/mol. The van der Waals surface area contributed by atoms with E-state index in [-0.39, 0.29) is 31.1 Å². The second-order valence-electron chi connectivity index (χ2n) is 21.3. The van der Waals surface area contributed by atoms with Gasteiger partial charge in [0.05, 0.1) is 0 Å². The van der Waals surface area contributed by atoms with Crippen LogP contribution < -0.4 is 0 Å². The molecule has 0 spiro atoms. The van der Waals surface area contributed by atoms with Crippen molar-refractivity contribution in [1.82, 2.24) is 0 Å². The lowest BCUT2D eigenvalue weighted by atomic mass is 10.1. The monoisotopic (exact) mass is 1010 g/mol. The Balaban J connectivity index is 4.37. The van der Waals surface area contributed by atoms with E-state index >= 15 is 0 Å². The Bertz CT molecular complexity index is 1250. The Kier molecular flexibility index (Phi) is 58.7. The maximum Gasteiger partial charge on any atom is 0.306 e. The molecule has 0 aromatic heterocycles. The summed E-state index contributed by atoms with van der Waals surface area (Å²) in [7, 11) is 0. The van der Waals surface area contributed by atoms with Gasteiger partial charge < -0.3 is 14.2 Å². The summed E-state index contributed by atoms with van der Waals surface area (Å²) in [4.78, 5) is 38.3. The molecule has 1 atom stereocenters. The van der Waals surface area contributed by atoms with Crippen molar-refractivity contribution in [3.8, 4) is 0 Å². The van der Waals surface area contributed by atoms with Gasteiger partial charge in [-0.05, 0) is 103 Å². The summed E-state index contributed by atoms with van der Waals surface area (Å²) in [6, 6.07) is 0. The highest BCUT2D eigenvalue weighted by Crippen LogP contribution is 2.16. The van der Waals surface area contributed by atoms with Crippen LogP contribution in [-0.4, -0.2) is 37.2 Å². The van der Waals surface area contributed by atoms with Gasteiger partial charge in [-0.15, -0.1) is 0 Å². The largest absolute Gasteiger partial charge is 0.462 e. The third kappa shape index (κ3) is 58.3. The van der Waals surface area contributed by atoms with Crippen LogP contribution in [-0.2, 0) is 28.6 Å². The molecule has 0 bridgehead atoms. The molecule has 6 heteroatoms. The van der Waals surface area contributed by atoms with Crippen LogP contribution in [0, 0.1) is 0 Å². The zero-order chi connectivity index (χ0) is 52.2. The first-order chi connectivity index (χ1) is 35.5. The van der Waals surface area contributed by atoms with Gasteiger partial charge in [-0.3, -0.25) is 14.4 Å². The van der Waals surface area contributed by atoms with Crippen molar-refractivity contribution in [2.75, 3.05) is 13.2 Å². The number of carbonyl (C=O) groups is 3. The summed E-state index contributed by atoms with van der Waals surface area (Å²) in [5.74, 6) is -0.876. The van der Waals surface area contributed by atoms with E-state index in [4.69, 9.17) is 14.2 Å². The second-order valence-corrected chi connectivity index (χ2v) is 21.3. The van der Waals surface area contributed by atoms with Crippen LogP contribution in [0.15, 0.2) is 48.6 Å². The first-order valence-electron chi connectivity index (χ1n) is 31.6. The van der Waals surface area contributed by atoms with Crippen LogP contribution in [0.5, 0.6) is 0 Å². The quantitative estimate of drug-likeness (QED) is 0.0261. The lowest BCUT2D eigenvalue weighted by Gasteiger charge is -2.18. The van der Waals surface area contributed by atoms with Crippen molar-refractivity contribution in [1.29, 1.82) is 0 Å². The molecular formula is C66H120O6. The molecule has 0 saturated heterocycles. The molecule has 0 aromatic carbocycles. The van der Waals surface area contributed by atoms with E-state index in [0.29, 0.717) is 19.3 Å². The van der Waals surface area contributed by atoms with Crippen molar-refractivity contribution in [2.45, 2.75) is 341 Å². The lowest BCUT2D eigenvalue weighted by molar-refractivity contribution is -0.167. The molecule has 0 aliphatic carbocycles. The molecule has 0 amide bonds. The minimum atomic E-state index is -0.781. The van der Waals surface area contributed by atoms with E-state index in [1.807, 2.05) is 0 Å². The van der Waals surface area contributed by atoms with E-state index in [9.17, 15) is 14.4 Å². The van der Waals surface area contributed by atoms with Gasteiger partial charge in [-0.1, -0.05) is 262 Å². The van der Waals surface area contributed by atoms with Gasteiger partial charge in [0, 0.05) is 19.3 Å². The van der Waals surface area contributed by atoms with E-state index in [2.05, 4.69) is 69.4 Å². The molecule has 0 radical (unpaired) electrons. The van der Waals surface area contributed by atoms with Gasteiger partial charge in [0.2, 0.25) is 0 Å². The summed E-state index contributed by atoms with van der Waals surface area (Å²) in [6.07, 6.45) is 75.3. The maximum absolute atomic E-state index is 12.9. The number of ether oxygens (including phenoxy) is 3. The first-order valence-corrected chi connectivity index (χ1v) is 31.6. The highest BCUT2D eigenvalue weighted by molar-refractivity contribution is 5.71. The van der Waals surface area contributed by atoms with Gasteiger partial charge in [-0.2, -0.15) is 0 Å². The van der Waals surface area contributed by atoms with Crippen molar-refractivity contribution in [3.05, 3.63) is 48.6 Å². The zero-order valence-corrected chi connectivity index (χ0v) is 48.2. The molecule has 0 rings (SSSR count). The van der Waals surface area contributed by atoms with Crippen LogP contribution in [0.1, 0.15) is 335 Å². The molecule has 420 valence electrons. The fourth-order valence-corrected chi connectivity index (χ4v) is 9.23. The third-order valence-electron chi connectivity index (χ3n) is 14.0. The Labute approximate surface area is 448 Å². The van der Waals surface area contributed by atoms with E-state index in [1.54, 1.807) is 0 Å². The van der Waals surface area contributed by atoms with Crippen LogP contribution in [0.2, 0.25) is 0 Å². The van der Waals surface area contributed by atoms with Gasteiger partial charge in [-0.25, -0.2) is 0 Å². The normalized spacial score (nSPS) is 12.3. The number of allylic oxidation sites excluding steroid dienone is 8. The summed E-state index contributed by atoms with van der Waals surface area (Å²) < 4.78 is 16.9. The molecular weight excluding hydrogens is 889 g/mol. The molecule has 0 N–H and O–H groups in total. The van der Waals surface area contributed by atoms with Crippen LogP contribution in [0.3, 0.4) is 0 Å². The Morgan fingerprint density at radius 2 is 0.500 bits per heavy atom. The molecule has 0 heterocycles. The Morgan fingerprint density at radius 1 is 0.278 bits per heavy atom. The first kappa shape index (κ1) is 69.4. The van der Waals surface area contributed by atoms with Gasteiger partial charge in [0.1, 0.15) is 13.2 Å². The molecule has 72 heavy (non-hydrogen) atoms.